The molecule has 4 N–H and O–H groups in total. The van der Waals surface area contributed by atoms with Crippen LogP contribution in [0.25, 0.3) is 10.8 Å². The first-order valence-corrected chi connectivity index (χ1v) is 8.06. The smallest absolute Gasteiger partial charge is 0.143 e. The van der Waals surface area contributed by atoms with Gasteiger partial charge in [0, 0.05) is 35.1 Å². The van der Waals surface area contributed by atoms with Crippen LogP contribution < -0.4 is 16.4 Å². The van der Waals surface area contributed by atoms with Crippen molar-refractivity contribution in [3.8, 4) is 6.07 Å². The molecule has 2 aromatic rings. The summed E-state index contributed by atoms with van der Waals surface area (Å²) in [7, 11) is 0. The Hall–Kier alpha value is -2.39. The number of hydrogen-bond donors (Lipinski definition) is 3. The number of aromatic nitrogens is 2. The fourth-order valence-corrected chi connectivity index (χ4v) is 3.02. The number of nitriles is 1. The summed E-state index contributed by atoms with van der Waals surface area (Å²) < 4.78 is 0. The van der Waals surface area contributed by atoms with E-state index in [9.17, 15) is 0 Å². The van der Waals surface area contributed by atoms with Gasteiger partial charge in [0.15, 0.2) is 0 Å². The average Bonchev–Trinajstić information content (AvgIpc) is 2.92. The lowest BCUT2D eigenvalue weighted by Crippen LogP contribution is -2.35. The van der Waals surface area contributed by atoms with E-state index in [1.54, 1.807) is 12.3 Å². The molecule has 6 heteroatoms. The zero-order valence-corrected chi connectivity index (χ0v) is 13.5. The fourth-order valence-electron chi connectivity index (χ4n) is 3.02. The van der Waals surface area contributed by atoms with Crippen LogP contribution in [-0.2, 0) is 0 Å². The Morgan fingerprint density at radius 2 is 2.17 bits per heavy atom. The van der Waals surface area contributed by atoms with Gasteiger partial charge in [-0.25, -0.2) is 9.97 Å². The largest absolute Gasteiger partial charge is 0.367 e. The zero-order valence-electron chi connectivity index (χ0n) is 13.5. The van der Waals surface area contributed by atoms with Gasteiger partial charge >= 0.3 is 0 Å². The van der Waals surface area contributed by atoms with Gasteiger partial charge < -0.3 is 16.4 Å². The van der Waals surface area contributed by atoms with Crippen molar-refractivity contribution < 1.29 is 0 Å². The summed E-state index contributed by atoms with van der Waals surface area (Å²) in [5.41, 5.74) is 6.51. The molecule has 0 aliphatic heterocycles. The molecule has 1 aliphatic rings. The molecule has 1 aliphatic carbocycles. The minimum absolute atomic E-state index is 0.180. The molecule has 2 atom stereocenters. The van der Waals surface area contributed by atoms with E-state index >= 15 is 0 Å². The number of nitrogens with zero attached hydrogens (tertiary/aromatic N) is 3. The van der Waals surface area contributed by atoms with Crippen LogP contribution in [0.1, 0.15) is 38.8 Å². The highest BCUT2D eigenvalue weighted by Crippen LogP contribution is 2.27. The third kappa shape index (κ3) is 3.35. The molecule has 6 nitrogen and oxygen atoms in total. The summed E-state index contributed by atoms with van der Waals surface area (Å²) in [5.74, 6) is 1.52. The number of hydrogen-bond acceptors (Lipinski definition) is 6. The van der Waals surface area contributed by atoms with Gasteiger partial charge in [-0.3, -0.25) is 0 Å². The van der Waals surface area contributed by atoms with Gasteiger partial charge in [-0.15, -0.1) is 0 Å². The van der Waals surface area contributed by atoms with Crippen LogP contribution in [0.4, 0.5) is 11.6 Å². The third-order valence-corrected chi connectivity index (χ3v) is 4.16. The van der Waals surface area contributed by atoms with E-state index in [0.29, 0.717) is 5.69 Å². The SMILES string of the molecule is CC(C)Nc1nc(C#N)cc2cnc(NC3CCCC3N)cc12. The van der Waals surface area contributed by atoms with Crippen molar-refractivity contribution in [2.45, 2.75) is 51.2 Å². The Bertz CT molecular complexity index is 749. The highest BCUT2D eigenvalue weighted by atomic mass is 15.0. The van der Waals surface area contributed by atoms with Gasteiger partial charge in [0.1, 0.15) is 23.4 Å². The Labute approximate surface area is 136 Å². The first kappa shape index (κ1) is 15.5. The van der Waals surface area contributed by atoms with Gasteiger partial charge in [0.25, 0.3) is 0 Å². The summed E-state index contributed by atoms with van der Waals surface area (Å²) in [6.45, 7) is 4.09. The van der Waals surface area contributed by atoms with Crippen LogP contribution in [0, 0.1) is 11.3 Å². The molecular formula is C17H22N6. The Kier molecular flexibility index (Phi) is 4.30. The number of nitrogens with one attached hydrogen (secondary N) is 2. The van der Waals surface area contributed by atoms with E-state index in [0.717, 1.165) is 41.7 Å². The molecule has 0 spiro atoms. The van der Waals surface area contributed by atoms with Crippen molar-refractivity contribution in [3.05, 3.63) is 24.0 Å². The predicted molar refractivity (Wildman–Crippen MR) is 92.2 cm³/mol. The van der Waals surface area contributed by atoms with E-state index in [4.69, 9.17) is 11.0 Å². The second-order valence-electron chi connectivity index (χ2n) is 6.40. The number of pyridine rings is 2. The molecule has 2 aromatic heterocycles. The minimum atomic E-state index is 0.180. The Morgan fingerprint density at radius 3 is 2.83 bits per heavy atom. The Morgan fingerprint density at radius 1 is 1.35 bits per heavy atom. The topological polar surface area (TPSA) is 99.6 Å². The number of anilines is 2. The summed E-state index contributed by atoms with van der Waals surface area (Å²) in [6, 6.07) is 6.53. The molecule has 3 rings (SSSR count). The number of fused-ring (bicyclic) bond motifs is 1. The molecular weight excluding hydrogens is 288 g/mol. The fraction of sp³-hybridized carbons (Fsp3) is 0.471. The second-order valence-corrected chi connectivity index (χ2v) is 6.40. The molecule has 120 valence electrons. The maximum Gasteiger partial charge on any atom is 0.143 e. The first-order valence-electron chi connectivity index (χ1n) is 8.06. The molecule has 23 heavy (non-hydrogen) atoms. The molecule has 2 unspecified atom stereocenters. The molecule has 0 amide bonds. The van der Waals surface area contributed by atoms with Crippen LogP contribution in [0.2, 0.25) is 0 Å². The van der Waals surface area contributed by atoms with Crippen molar-refractivity contribution in [2.24, 2.45) is 5.73 Å². The normalized spacial score (nSPS) is 20.7. The summed E-state index contributed by atoms with van der Waals surface area (Å²) >= 11 is 0. The molecule has 1 fully saturated rings. The van der Waals surface area contributed by atoms with E-state index in [2.05, 4.69) is 26.7 Å². The van der Waals surface area contributed by atoms with Crippen molar-refractivity contribution in [3.63, 3.8) is 0 Å². The van der Waals surface area contributed by atoms with Crippen LogP contribution in [0.5, 0.6) is 0 Å². The van der Waals surface area contributed by atoms with E-state index < -0.39 is 0 Å². The standard InChI is InChI=1S/C17H22N6/c1-10(2)21-17-13-7-16(23-15-5-3-4-14(15)19)20-9-11(13)6-12(8-18)22-17/h6-7,9-10,14-15H,3-5,19H2,1-2H3,(H,20,23)(H,21,22). The lowest BCUT2D eigenvalue weighted by molar-refractivity contribution is 0.636. The lowest BCUT2D eigenvalue weighted by Gasteiger charge is -2.19. The van der Waals surface area contributed by atoms with Gasteiger partial charge in [-0.1, -0.05) is 0 Å². The number of nitrogens with two attached hydrogens (primary N) is 1. The monoisotopic (exact) mass is 310 g/mol. The van der Waals surface area contributed by atoms with E-state index in [1.807, 2.05) is 19.9 Å². The van der Waals surface area contributed by atoms with Crippen molar-refractivity contribution >= 4 is 22.4 Å². The van der Waals surface area contributed by atoms with Gasteiger partial charge in [-0.2, -0.15) is 5.26 Å². The van der Waals surface area contributed by atoms with Gasteiger partial charge in [-0.05, 0) is 45.2 Å². The van der Waals surface area contributed by atoms with E-state index in [1.165, 1.54) is 0 Å². The maximum absolute atomic E-state index is 9.14. The van der Waals surface area contributed by atoms with Crippen molar-refractivity contribution in [1.82, 2.24) is 9.97 Å². The van der Waals surface area contributed by atoms with Crippen LogP contribution in [-0.4, -0.2) is 28.1 Å². The predicted octanol–water partition coefficient (Wildman–Crippen LogP) is 2.61. The lowest BCUT2D eigenvalue weighted by atomic mass is 10.1. The summed E-state index contributed by atoms with van der Waals surface area (Å²) in [4.78, 5) is 8.86. The maximum atomic E-state index is 9.14. The Balaban J connectivity index is 1.98. The molecule has 0 bridgehead atoms. The van der Waals surface area contributed by atoms with Crippen molar-refractivity contribution in [2.75, 3.05) is 10.6 Å². The summed E-state index contributed by atoms with van der Waals surface area (Å²) in [6.07, 6.45) is 5.06. The minimum Gasteiger partial charge on any atom is -0.367 e. The molecule has 0 radical (unpaired) electrons. The molecule has 2 heterocycles. The van der Waals surface area contributed by atoms with Gasteiger partial charge in [0.2, 0.25) is 0 Å². The van der Waals surface area contributed by atoms with Gasteiger partial charge in [0.05, 0.1) is 0 Å². The first-order chi connectivity index (χ1) is 11.1. The molecule has 0 aromatic carbocycles. The molecule has 0 saturated heterocycles. The van der Waals surface area contributed by atoms with Crippen LogP contribution in [0.3, 0.4) is 0 Å². The quantitative estimate of drug-likeness (QED) is 0.802. The summed E-state index contributed by atoms with van der Waals surface area (Å²) in [5, 5.41) is 17.8. The van der Waals surface area contributed by atoms with Crippen LogP contribution >= 0.6 is 0 Å². The van der Waals surface area contributed by atoms with E-state index in [-0.39, 0.29) is 18.1 Å². The molecule has 1 saturated carbocycles. The average molecular weight is 310 g/mol. The second kappa shape index (κ2) is 6.39. The highest BCUT2D eigenvalue weighted by molar-refractivity contribution is 5.93. The van der Waals surface area contributed by atoms with Crippen LogP contribution in [0.15, 0.2) is 18.3 Å². The number of rotatable bonds is 4. The third-order valence-electron chi connectivity index (χ3n) is 4.16. The zero-order chi connectivity index (χ0) is 16.4. The highest BCUT2D eigenvalue weighted by Gasteiger charge is 2.24. The van der Waals surface area contributed by atoms with Crippen molar-refractivity contribution in [1.29, 1.82) is 5.26 Å².